The smallest absolute Gasteiger partial charge is 0.258 e. The molecule has 0 radical (unpaired) electrons. The van der Waals surface area contributed by atoms with Crippen LogP contribution in [0, 0.1) is 5.82 Å². The minimum Gasteiger partial charge on any atom is -0.494 e. The highest BCUT2D eigenvalue weighted by Gasteiger charge is 2.04. The van der Waals surface area contributed by atoms with E-state index >= 15 is 0 Å². The molecule has 2 aromatic rings. The number of hydrogen-bond acceptors (Lipinski definition) is 3. The number of benzene rings is 2. The van der Waals surface area contributed by atoms with Crippen molar-refractivity contribution in [3.63, 3.8) is 0 Å². The zero-order valence-electron chi connectivity index (χ0n) is 12.3. The maximum absolute atomic E-state index is 13.0. The minimum atomic E-state index is -0.398. The van der Waals surface area contributed by atoms with Crippen LogP contribution in [0.15, 0.2) is 48.5 Å². The van der Waals surface area contributed by atoms with Gasteiger partial charge in [-0.3, -0.25) is 4.79 Å². The van der Waals surface area contributed by atoms with Crippen LogP contribution >= 0.6 is 0 Å². The Hall–Kier alpha value is -2.56. The average molecular weight is 303 g/mol. The van der Waals surface area contributed by atoms with E-state index in [0.717, 1.165) is 11.3 Å². The summed E-state index contributed by atoms with van der Waals surface area (Å²) < 4.78 is 23.6. The number of hydrogen-bond donors (Lipinski definition) is 1. The molecule has 0 spiro atoms. The van der Waals surface area contributed by atoms with Crippen molar-refractivity contribution in [3.05, 3.63) is 59.9 Å². The van der Waals surface area contributed by atoms with Crippen molar-refractivity contribution in [3.8, 4) is 11.5 Å². The van der Waals surface area contributed by atoms with E-state index < -0.39 is 5.82 Å². The Bertz CT molecular complexity index is 631. The van der Waals surface area contributed by atoms with Crippen molar-refractivity contribution in [2.45, 2.75) is 13.5 Å². The van der Waals surface area contributed by atoms with Gasteiger partial charge >= 0.3 is 0 Å². The van der Waals surface area contributed by atoms with Crippen LogP contribution in [0.1, 0.15) is 12.5 Å². The van der Waals surface area contributed by atoms with Gasteiger partial charge in [0.2, 0.25) is 0 Å². The Morgan fingerprint density at radius 2 is 1.82 bits per heavy atom. The first kappa shape index (κ1) is 15.8. The summed E-state index contributed by atoms with van der Waals surface area (Å²) in [6.07, 6.45) is 0. The van der Waals surface area contributed by atoms with Crippen LogP contribution in [0.4, 0.5) is 4.39 Å². The Labute approximate surface area is 128 Å². The predicted octanol–water partition coefficient (Wildman–Crippen LogP) is 2.92. The number of rotatable bonds is 7. The van der Waals surface area contributed by atoms with Crippen molar-refractivity contribution in [2.24, 2.45) is 0 Å². The van der Waals surface area contributed by atoms with Crippen molar-refractivity contribution >= 4 is 5.91 Å². The third-order valence-corrected chi connectivity index (χ3v) is 2.87. The lowest BCUT2D eigenvalue weighted by Crippen LogP contribution is -2.28. The van der Waals surface area contributed by atoms with E-state index in [0.29, 0.717) is 18.9 Å². The van der Waals surface area contributed by atoms with Crippen LogP contribution < -0.4 is 14.8 Å². The molecule has 0 bridgehead atoms. The molecule has 0 atom stereocenters. The fourth-order valence-electron chi connectivity index (χ4n) is 1.87. The molecule has 0 saturated carbocycles. The lowest BCUT2D eigenvalue weighted by atomic mass is 10.2. The molecule has 0 aliphatic carbocycles. The standard InChI is InChI=1S/C17H18FNO3/c1-2-21-15-7-3-5-13(9-15)11-19-17(20)12-22-16-8-4-6-14(18)10-16/h3-10H,2,11-12H2,1H3,(H,19,20). The molecule has 22 heavy (non-hydrogen) atoms. The van der Waals surface area contributed by atoms with Gasteiger partial charge in [0, 0.05) is 12.6 Å². The van der Waals surface area contributed by atoms with E-state index in [4.69, 9.17) is 9.47 Å². The van der Waals surface area contributed by atoms with Crippen LogP contribution in [0.2, 0.25) is 0 Å². The molecule has 116 valence electrons. The van der Waals surface area contributed by atoms with Crippen LogP contribution in [-0.2, 0) is 11.3 Å². The maximum Gasteiger partial charge on any atom is 0.258 e. The Morgan fingerprint density at radius 1 is 1.09 bits per heavy atom. The highest BCUT2D eigenvalue weighted by molar-refractivity contribution is 5.77. The van der Waals surface area contributed by atoms with E-state index in [-0.39, 0.29) is 12.5 Å². The quantitative estimate of drug-likeness (QED) is 0.855. The maximum atomic E-state index is 13.0. The number of carbonyl (C=O) groups is 1. The molecule has 0 aromatic heterocycles. The molecule has 0 saturated heterocycles. The van der Waals surface area contributed by atoms with E-state index in [1.807, 2.05) is 31.2 Å². The van der Waals surface area contributed by atoms with Gasteiger partial charge in [-0.2, -0.15) is 0 Å². The lowest BCUT2D eigenvalue weighted by molar-refractivity contribution is -0.123. The van der Waals surface area contributed by atoms with Gasteiger partial charge in [0.05, 0.1) is 6.61 Å². The Morgan fingerprint density at radius 3 is 2.55 bits per heavy atom. The SMILES string of the molecule is CCOc1cccc(CNC(=O)COc2cccc(F)c2)c1. The van der Waals surface area contributed by atoms with Gasteiger partial charge in [-0.05, 0) is 36.8 Å². The normalized spacial score (nSPS) is 10.1. The molecule has 0 fully saturated rings. The van der Waals surface area contributed by atoms with Crippen molar-refractivity contribution in [1.82, 2.24) is 5.32 Å². The predicted molar refractivity (Wildman–Crippen MR) is 81.4 cm³/mol. The van der Waals surface area contributed by atoms with E-state index in [1.54, 1.807) is 6.07 Å². The first-order chi connectivity index (χ1) is 10.7. The molecule has 0 aliphatic rings. The Kier molecular flexibility index (Phi) is 5.77. The summed E-state index contributed by atoms with van der Waals surface area (Å²) in [6, 6.07) is 13.2. The number of amides is 1. The summed E-state index contributed by atoms with van der Waals surface area (Å²) in [5.41, 5.74) is 0.935. The molecule has 4 nitrogen and oxygen atoms in total. The third kappa shape index (κ3) is 5.09. The van der Waals surface area contributed by atoms with E-state index in [9.17, 15) is 9.18 Å². The number of carbonyl (C=O) groups excluding carboxylic acids is 1. The summed E-state index contributed by atoms with van der Waals surface area (Å²) in [6.45, 7) is 2.73. The fraction of sp³-hybridized carbons (Fsp3) is 0.235. The summed E-state index contributed by atoms with van der Waals surface area (Å²) in [5, 5.41) is 2.74. The van der Waals surface area contributed by atoms with Gasteiger partial charge in [0.25, 0.3) is 5.91 Å². The Balaban J connectivity index is 1.79. The number of halogens is 1. The second kappa shape index (κ2) is 8.02. The van der Waals surface area contributed by atoms with Crippen LogP contribution in [0.5, 0.6) is 11.5 Å². The molecule has 0 unspecified atom stereocenters. The highest BCUT2D eigenvalue weighted by Crippen LogP contribution is 2.13. The van der Waals surface area contributed by atoms with E-state index in [2.05, 4.69) is 5.32 Å². The van der Waals surface area contributed by atoms with Gasteiger partial charge in [-0.25, -0.2) is 4.39 Å². The highest BCUT2D eigenvalue weighted by atomic mass is 19.1. The molecular formula is C17H18FNO3. The largest absolute Gasteiger partial charge is 0.494 e. The van der Waals surface area contributed by atoms with Crippen molar-refractivity contribution < 1.29 is 18.7 Å². The molecule has 2 rings (SSSR count). The second-order valence-electron chi connectivity index (χ2n) is 4.60. The molecule has 1 amide bonds. The van der Waals surface area contributed by atoms with E-state index in [1.165, 1.54) is 18.2 Å². The monoisotopic (exact) mass is 303 g/mol. The zero-order valence-corrected chi connectivity index (χ0v) is 12.3. The van der Waals surface area contributed by atoms with Gasteiger partial charge in [0.15, 0.2) is 6.61 Å². The van der Waals surface area contributed by atoms with Gasteiger partial charge in [0.1, 0.15) is 17.3 Å². The lowest BCUT2D eigenvalue weighted by Gasteiger charge is -2.09. The van der Waals surface area contributed by atoms with Crippen molar-refractivity contribution in [2.75, 3.05) is 13.2 Å². The molecule has 0 aliphatic heterocycles. The minimum absolute atomic E-state index is 0.158. The first-order valence-electron chi connectivity index (χ1n) is 7.04. The van der Waals surface area contributed by atoms with Crippen LogP contribution in [-0.4, -0.2) is 19.1 Å². The summed E-state index contributed by atoms with van der Waals surface area (Å²) in [4.78, 5) is 11.7. The zero-order chi connectivity index (χ0) is 15.8. The molecule has 1 N–H and O–H groups in total. The first-order valence-corrected chi connectivity index (χ1v) is 7.04. The third-order valence-electron chi connectivity index (χ3n) is 2.87. The number of ether oxygens (including phenoxy) is 2. The van der Waals surface area contributed by atoms with Crippen molar-refractivity contribution in [1.29, 1.82) is 0 Å². The second-order valence-corrected chi connectivity index (χ2v) is 4.60. The topological polar surface area (TPSA) is 47.6 Å². The summed E-state index contributed by atoms with van der Waals surface area (Å²) in [5.74, 6) is 0.426. The van der Waals surface area contributed by atoms with Gasteiger partial charge < -0.3 is 14.8 Å². The summed E-state index contributed by atoms with van der Waals surface area (Å²) >= 11 is 0. The van der Waals surface area contributed by atoms with Crippen LogP contribution in [0.25, 0.3) is 0 Å². The molecular weight excluding hydrogens is 285 g/mol. The number of nitrogens with one attached hydrogen (secondary N) is 1. The average Bonchev–Trinajstić information content (AvgIpc) is 2.52. The van der Waals surface area contributed by atoms with Gasteiger partial charge in [-0.15, -0.1) is 0 Å². The van der Waals surface area contributed by atoms with Gasteiger partial charge in [-0.1, -0.05) is 18.2 Å². The molecule has 5 heteroatoms. The summed E-state index contributed by atoms with van der Waals surface area (Å²) in [7, 11) is 0. The van der Waals surface area contributed by atoms with Crippen LogP contribution in [0.3, 0.4) is 0 Å². The molecule has 0 heterocycles. The molecule has 2 aromatic carbocycles. The fourth-order valence-corrected chi connectivity index (χ4v) is 1.87.